The lowest BCUT2D eigenvalue weighted by molar-refractivity contribution is -0.118. The van der Waals surface area contributed by atoms with Crippen molar-refractivity contribution in [2.24, 2.45) is 0 Å². The van der Waals surface area contributed by atoms with E-state index in [0.717, 1.165) is 32.5 Å². The van der Waals surface area contributed by atoms with Crippen LogP contribution in [-0.2, 0) is 4.79 Å². The average Bonchev–Trinajstić information content (AvgIpc) is 2.18. The second-order valence-corrected chi connectivity index (χ2v) is 3.56. The fourth-order valence-electron chi connectivity index (χ4n) is 1.47. The van der Waals surface area contributed by atoms with E-state index < -0.39 is 0 Å². The van der Waals surface area contributed by atoms with Crippen LogP contribution in [-0.4, -0.2) is 42.0 Å². The molecule has 0 bridgehead atoms. The third-order valence-corrected chi connectivity index (χ3v) is 2.28. The van der Waals surface area contributed by atoms with Crippen LogP contribution in [0.3, 0.4) is 0 Å². The lowest BCUT2D eigenvalue weighted by Crippen LogP contribution is -2.29. The Bertz CT molecular complexity index is 142. The zero-order valence-electron chi connectivity index (χ0n) is 9.46. The van der Waals surface area contributed by atoms with Crippen LogP contribution in [0.15, 0.2) is 0 Å². The molecule has 0 heterocycles. The molecule has 0 saturated carbocycles. The van der Waals surface area contributed by atoms with Crippen LogP contribution in [0.2, 0.25) is 0 Å². The molecular weight excluding hydrogens is 178 g/mol. The van der Waals surface area contributed by atoms with Gasteiger partial charge in [0.2, 0.25) is 0 Å². The van der Waals surface area contributed by atoms with Crippen LogP contribution in [0.4, 0.5) is 0 Å². The number of aliphatic hydroxyl groups excluding tert-OH is 1. The van der Waals surface area contributed by atoms with Gasteiger partial charge < -0.3 is 10.0 Å². The Balaban J connectivity index is 3.54. The van der Waals surface area contributed by atoms with Crippen molar-refractivity contribution in [3.8, 4) is 0 Å². The maximum Gasteiger partial charge on any atom is 0.132 e. The van der Waals surface area contributed by atoms with E-state index in [9.17, 15) is 4.79 Å². The molecule has 0 rings (SSSR count). The molecule has 0 aromatic heterocycles. The van der Waals surface area contributed by atoms with Crippen molar-refractivity contribution < 1.29 is 9.90 Å². The van der Waals surface area contributed by atoms with Crippen molar-refractivity contribution in [3.05, 3.63) is 0 Å². The Morgan fingerprint density at radius 1 is 1.21 bits per heavy atom. The van der Waals surface area contributed by atoms with Crippen molar-refractivity contribution in [2.45, 2.75) is 39.5 Å². The molecule has 3 nitrogen and oxygen atoms in total. The van der Waals surface area contributed by atoms with Gasteiger partial charge >= 0.3 is 0 Å². The highest BCUT2D eigenvalue weighted by molar-refractivity contribution is 5.77. The molecule has 1 N–H and O–H groups in total. The zero-order chi connectivity index (χ0) is 10.8. The normalized spacial score (nSPS) is 10.9. The monoisotopic (exact) mass is 201 g/mol. The highest BCUT2D eigenvalue weighted by Crippen LogP contribution is 1.99. The number of nitrogens with zero attached hydrogens (tertiary/aromatic N) is 1. The fraction of sp³-hybridized carbons (Fsp3) is 0.909. The summed E-state index contributed by atoms with van der Waals surface area (Å²) in [6.07, 6.45) is 3.35. The largest absolute Gasteiger partial charge is 0.395 e. The first-order valence-electron chi connectivity index (χ1n) is 5.59. The summed E-state index contributed by atoms with van der Waals surface area (Å²) in [6.45, 7) is 6.92. The molecule has 0 aliphatic rings. The summed E-state index contributed by atoms with van der Waals surface area (Å²) in [4.78, 5) is 13.3. The topological polar surface area (TPSA) is 40.5 Å². The number of carbonyl (C=O) groups excluding carboxylic acids is 1. The molecule has 14 heavy (non-hydrogen) atoms. The third kappa shape index (κ3) is 7.04. The fourth-order valence-corrected chi connectivity index (χ4v) is 1.47. The Morgan fingerprint density at radius 3 is 2.43 bits per heavy atom. The number of Topliss-reactive ketones (excluding diaryl/α,β-unsaturated/α-hetero) is 1. The van der Waals surface area contributed by atoms with Crippen LogP contribution >= 0.6 is 0 Å². The summed E-state index contributed by atoms with van der Waals surface area (Å²) in [5.41, 5.74) is 0. The second kappa shape index (κ2) is 9.16. The van der Waals surface area contributed by atoms with Gasteiger partial charge in [0.1, 0.15) is 5.78 Å². The Labute approximate surface area is 87.1 Å². The summed E-state index contributed by atoms with van der Waals surface area (Å²) >= 11 is 0. The standard InChI is InChI=1S/C11H23NO2/c1-3-7-12(9-10-13)8-5-6-11(14)4-2/h13H,3-10H2,1-2H3. The first-order valence-corrected chi connectivity index (χ1v) is 5.59. The van der Waals surface area contributed by atoms with Gasteiger partial charge in [-0.2, -0.15) is 0 Å². The number of rotatable bonds is 9. The van der Waals surface area contributed by atoms with Crippen molar-refractivity contribution >= 4 is 5.78 Å². The van der Waals surface area contributed by atoms with Gasteiger partial charge in [0.25, 0.3) is 0 Å². The smallest absolute Gasteiger partial charge is 0.132 e. The predicted octanol–water partition coefficient (Wildman–Crippen LogP) is 1.45. The van der Waals surface area contributed by atoms with E-state index in [4.69, 9.17) is 5.11 Å². The maximum absolute atomic E-state index is 11.0. The molecule has 0 amide bonds. The van der Waals surface area contributed by atoms with E-state index in [1.54, 1.807) is 0 Å². The van der Waals surface area contributed by atoms with E-state index in [1.807, 2.05) is 6.92 Å². The Hall–Kier alpha value is -0.410. The Morgan fingerprint density at radius 2 is 1.93 bits per heavy atom. The van der Waals surface area contributed by atoms with Gasteiger partial charge in [-0.1, -0.05) is 13.8 Å². The molecule has 0 aliphatic carbocycles. The highest BCUT2D eigenvalue weighted by Gasteiger charge is 2.04. The number of aliphatic hydroxyl groups is 1. The van der Waals surface area contributed by atoms with Crippen molar-refractivity contribution in [2.75, 3.05) is 26.2 Å². The minimum Gasteiger partial charge on any atom is -0.395 e. The van der Waals surface area contributed by atoms with Crippen LogP contribution in [0, 0.1) is 0 Å². The maximum atomic E-state index is 11.0. The molecule has 0 radical (unpaired) electrons. The lowest BCUT2D eigenvalue weighted by Gasteiger charge is -2.19. The van der Waals surface area contributed by atoms with Crippen LogP contribution in [0.5, 0.6) is 0 Å². The van der Waals surface area contributed by atoms with Crippen molar-refractivity contribution in [1.82, 2.24) is 4.90 Å². The summed E-state index contributed by atoms with van der Waals surface area (Å²) in [5, 5.41) is 8.81. The number of hydrogen-bond donors (Lipinski definition) is 1. The predicted molar refractivity (Wildman–Crippen MR) is 58.3 cm³/mol. The molecule has 0 unspecified atom stereocenters. The molecule has 0 aromatic carbocycles. The SMILES string of the molecule is CCCN(CCO)CCCC(=O)CC. The third-order valence-electron chi connectivity index (χ3n) is 2.28. The molecule has 0 aliphatic heterocycles. The average molecular weight is 201 g/mol. The number of hydrogen-bond acceptors (Lipinski definition) is 3. The highest BCUT2D eigenvalue weighted by atomic mass is 16.3. The molecular formula is C11H23NO2. The van der Waals surface area contributed by atoms with Crippen molar-refractivity contribution in [1.29, 1.82) is 0 Å². The summed E-state index contributed by atoms with van der Waals surface area (Å²) in [7, 11) is 0. The van der Waals surface area contributed by atoms with E-state index in [2.05, 4.69) is 11.8 Å². The van der Waals surface area contributed by atoms with Gasteiger partial charge in [-0.15, -0.1) is 0 Å². The Kier molecular flexibility index (Phi) is 8.89. The van der Waals surface area contributed by atoms with Gasteiger partial charge in [0, 0.05) is 19.4 Å². The summed E-state index contributed by atoms with van der Waals surface area (Å²) in [6, 6.07) is 0. The van der Waals surface area contributed by atoms with Crippen LogP contribution < -0.4 is 0 Å². The molecule has 0 aromatic rings. The molecule has 0 saturated heterocycles. The molecule has 3 heteroatoms. The van der Waals surface area contributed by atoms with Gasteiger partial charge in [-0.25, -0.2) is 0 Å². The van der Waals surface area contributed by atoms with E-state index >= 15 is 0 Å². The van der Waals surface area contributed by atoms with Gasteiger partial charge in [-0.3, -0.25) is 4.79 Å². The van der Waals surface area contributed by atoms with Crippen LogP contribution in [0.25, 0.3) is 0 Å². The molecule has 84 valence electrons. The van der Waals surface area contributed by atoms with E-state index in [0.29, 0.717) is 18.6 Å². The zero-order valence-corrected chi connectivity index (χ0v) is 9.46. The van der Waals surface area contributed by atoms with Crippen LogP contribution in [0.1, 0.15) is 39.5 Å². The summed E-state index contributed by atoms with van der Waals surface area (Å²) < 4.78 is 0. The van der Waals surface area contributed by atoms with E-state index in [1.165, 1.54) is 0 Å². The van der Waals surface area contributed by atoms with E-state index in [-0.39, 0.29) is 6.61 Å². The first kappa shape index (κ1) is 13.6. The minimum atomic E-state index is 0.210. The number of carbonyl (C=O) groups is 1. The summed E-state index contributed by atoms with van der Waals surface area (Å²) in [5.74, 6) is 0.338. The number of ketones is 1. The quantitative estimate of drug-likeness (QED) is 0.614. The van der Waals surface area contributed by atoms with Crippen molar-refractivity contribution in [3.63, 3.8) is 0 Å². The van der Waals surface area contributed by atoms with Gasteiger partial charge in [0.15, 0.2) is 0 Å². The molecule has 0 fully saturated rings. The van der Waals surface area contributed by atoms with Gasteiger partial charge in [-0.05, 0) is 25.9 Å². The molecule has 0 spiro atoms. The first-order chi connectivity index (χ1) is 6.74. The van der Waals surface area contributed by atoms with Gasteiger partial charge in [0.05, 0.1) is 6.61 Å². The second-order valence-electron chi connectivity index (χ2n) is 3.56. The minimum absolute atomic E-state index is 0.210. The molecule has 0 atom stereocenters. The lowest BCUT2D eigenvalue weighted by atomic mass is 10.2.